The standard InChI is InChI=1S/C22H24N6O3S/c1-14-19(12-24-21-20(14)23-7-9-31-21)28-8-6-15-11-25-22(27-18(15)13-28)26-16-4-3-5-17(10-16)32(2,29)30/h3-5,10-12,23H,6-9,13H2,1-2H3,(H,25,26,27). The second-order valence-electron chi connectivity index (χ2n) is 7.99. The number of sulfone groups is 1. The van der Waals surface area contributed by atoms with Crippen LogP contribution >= 0.6 is 0 Å². The summed E-state index contributed by atoms with van der Waals surface area (Å²) in [6, 6.07) is 6.64. The average Bonchev–Trinajstić information content (AvgIpc) is 2.79. The Balaban J connectivity index is 1.39. The summed E-state index contributed by atoms with van der Waals surface area (Å²) in [6.07, 6.45) is 5.73. The number of ether oxygens (including phenoxy) is 1. The van der Waals surface area contributed by atoms with E-state index in [-0.39, 0.29) is 4.90 Å². The predicted octanol–water partition coefficient (Wildman–Crippen LogP) is 2.69. The topological polar surface area (TPSA) is 109 Å². The number of hydrogen-bond donors (Lipinski definition) is 2. The van der Waals surface area contributed by atoms with Crippen LogP contribution in [0.2, 0.25) is 0 Å². The Morgan fingerprint density at radius 2 is 2.09 bits per heavy atom. The molecular formula is C22H24N6O3S. The molecule has 0 fully saturated rings. The zero-order chi connectivity index (χ0) is 22.3. The number of aromatic nitrogens is 3. The molecule has 0 aliphatic carbocycles. The van der Waals surface area contributed by atoms with Crippen LogP contribution in [0.3, 0.4) is 0 Å². The molecule has 0 spiro atoms. The van der Waals surface area contributed by atoms with Crippen molar-refractivity contribution in [3.8, 4) is 5.88 Å². The number of nitrogens with one attached hydrogen (secondary N) is 2. The van der Waals surface area contributed by atoms with Gasteiger partial charge in [-0.25, -0.2) is 23.4 Å². The van der Waals surface area contributed by atoms with Gasteiger partial charge in [0.15, 0.2) is 9.84 Å². The molecule has 1 aromatic carbocycles. The van der Waals surface area contributed by atoms with Crippen LogP contribution in [0.25, 0.3) is 0 Å². The summed E-state index contributed by atoms with van der Waals surface area (Å²) < 4.78 is 29.3. The van der Waals surface area contributed by atoms with E-state index in [9.17, 15) is 8.42 Å². The Labute approximate surface area is 186 Å². The summed E-state index contributed by atoms with van der Waals surface area (Å²) in [4.78, 5) is 16.2. The van der Waals surface area contributed by atoms with Gasteiger partial charge in [-0.3, -0.25) is 0 Å². The molecule has 2 aliphatic rings. The Morgan fingerprint density at radius 3 is 2.94 bits per heavy atom. The highest BCUT2D eigenvalue weighted by Crippen LogP contribution is 2.36. The van der Waals surface area contributed by atoms with E-state index in [2.05, 4.69) is 32.4 Å². The SMILES string of the molecule is Cc1c(N2CCc3cnc(Nc4cccc(S(C)(=O)=O)c4)nc3C2)cnc2c1NCCO2. The van der Waals surface area contributed by atoms with Gasteiger partial charge in [-0.1, -0.05) is 6.07 Å². The summed E-state index contributed by atoms with van der Waals surface area (Å²) in [6.45, 7) is 4.95. The number of hydrogen-bond acceptors (Lipinski definition) is 9. The van der Waals surface area contributed by atoms with Crippen LogP contribution in [-0.2, 0) is 22.8 Å². The van der Waals surface area contributed by atoms with Crippen molar-refractivity contribution in [1.29, 1.82) is 0 Å². The lowest BCUT2D eigenvalue weighted by Crippen LogP contribution is -2.32. The maximum Gasteiger partial charge on any atom is 0.237 e. The van der Waals surface area contributed by atoms with E-state index in [4.69, 9.17) is 9.72 Å². The molecule has 2 aliphatic heterocycles. The van der Waals surface area contributed by atoms with Crippen molar-refractivity contribution < 1.29 is 13.2 Å². The lowest BCUT2D eigenvalue weighted by atomic mass is 10.0. The summed E-state index contributed by atoms with van der Waals surface area (Å²) in [5.74, 6) is 1.09. The van der Waals surface area contributed by atoms with Gasteiger partial charge in [-0.05, 0) is 37.1 Å². The first-order valence-corrected chi connectivity index (χ1v) is 12.3. The quantitative estimate of drug-likeness (QED) is 0.617. The van der Waals surface area contributed by atoms with E-state index in [0.717, 1.165) is 47.7 Å². The van der Waals surface area contributed by atoms with Gasteiger partial charge < -0.3 is 20.3 Å². The molecular weight excluding hydrogens is 428 g/mol. The smallest absolute Gasteiger partial charge is 0.237 e. The minimum Gasteiger partial charge on any atom is -0.474 e. The third-order valence-corrected chi connectivity index (χ3v) is 6.83. The third-order valence-electron chi connectivity index (χ3n) is 5.72. The summed E-state index contributed by atoms with van der Waals surface area (Å²) in [5, 5.41) is 6.52. The molecule has 0 saturated heterocycles. The molecule has 32 heavy (non-hydrogen) atoms. The molecule has 0 radical (unpaired) electrons. The second kappa shape index (κ2) is 7.94. The van der Waals surface area contributed by atoms with Crippen LogP contribution in [0.4, 0.5) is 23.0 Å². The number of benzene rings is 1. The first-order chi connectivity index (χ1) is 15.4. The van der Waals surface area contributed by atoms with Crippen LogP contribution in [0.15, 0.2) is 41.6 Å². The summed E-state index contributed by atoms with van der Waals surface area (Å²) >= 11 is 0. The van der Waals surface area contributed by atoms with Crippen LogP contribution in [0.5, 0.6) is 5.88 Å². The van der Waals surface area contributed by atoms with Crippen molar-refractivity contribution in [2.45, 2.75) is 24.8 Å². The maximum atomic E-state index is 11.8. The fraction of sp³-hybridized carbons (Fsp3) is 0.318. The van der Waals surface area contributed by atoms with Crippen molar-refractivity contribution in [2.24, 2.45) is 0 Å². The molecule has 3 aromatic rings. The first kappa shape index (κ1) is 20.5. The molecule has 0 atom stereocenters. The van der Waals surface area contributed by atoms with E-state index >= 15 is 0 Å². The van der Waals surface area contributed by atoms with Crippen molar-refractivity contribution in [3.05, 3.63) is 53.5 Å². The Hall–Kier alpha value is -3.40. The van der Waals surface area contributed by atoms with E-state index in [1.807, 2.05) is 12.4 Å². The normalized spacial score (nSPS) is 15.2. The largest absolute Gasteiger partial charge is 0.474 e. The number of nitrogens with zero attached hydrogens (tertiary/aromatic N) is 4. The first-order valence-electron chi connectivity index (χ1n) is 10.4. The number of anilines is 4. The number of fused-ring (bicyclic) bond motifs is 2. The monoisotopic (exact) mass is 452 g/mol. The average molecular weight is 453 g/mol. The molecule has 10 heteroatoms. The molecule has 0 saturated carbocycles. The molecule has 2 N–H and O–H groups in total. The summed E-state index contributed by atoms with van der Waals surface area (Å²) in [7, 11) is -3.29. The van der Waals surface area contributed by atoms with Crippen LogP contribution in [0.1, 0.15) is 16.8 Å². The zero-order valence-electron chi connectivity index (χ0n) is 17.9. The van der Waals surface area contributed by atoms with Gasteiger partial charge >= 0.3 is 0 Å². The second-order valence-corrected chi connectivity index (χ2v) is 10.0. The van der Waals surface area contributed by atoms with Crippen molar-refractivity contribution in [3.63, 3.8) is 0 Å². The summed E-state index contributed by atoms with van der Waals surface area (Å²) in [5.41, 5.74) is 5.80. The molecule has 2 aromatic heterocycles. The Kier molecular flexibility index (Phi) is 5.09. The minimum atomic E-state index is -3.29. The van der Waals surface area contributed by atoms with Crippen LogP contribution in [0, 0.1) is 6.92 Å². The molecule has 166 valence electrons. The number of pyridine rings is 1. The molecule has 5 rings (SSSR count). The van der Waals surface area contributed by atoms with Gasteiger partial charge in [0, 0.05) is 36.8 Å². The lowest BCUT2D eigenvalue weighted by Gasteiger charge is -2.32. The zero-order valence-corrected chi connectivity index (χ0v) is 18.7. The maximum absolute atomic E-state index is 11.8. The van der Waals surface area contributed by atoms with Crippen molar-refractivity contribution in [2.75, 3.05) is 41.5 Å². The van der Waals surface area contributed by atoms with E-state index in [1.165, 1.54) is 6.26 Å². The van der Waals surface area contributed by atoms with E-state index in [0.29, 0.717) is 30.7 Å². The highest BCUT2D eigenvalue weighted by atomic mass is 32.2. The molecule has 9 nitrogen and oxygen atoms in total. The molecule has 0 bridgehead atoms. The van der Waals surface area contributed by atoms with Gasteiger partial charge in [0.2, 0.25) is 11.8 Å². The van der Waals surface area contributed by atoms with Gasteiger partial charge in [0.05, 0.1) is 29.0 Å². The van der Waals surface area contributed by atoms with Crippen LogP contribution < -0.4 is 20.3 Å². The highest BCUT2D eigenvalue weighted by molar-refractivity contribution is 7.90. The lowest BCUT2D eigenvalue weighted by molar-refractivity contribution is 0.310. The Bertz CT molecular complexity index is 1290. The Morgan fingerprint density at radius 1 is 1.22 bits per heavy atom. The van der Waals surface area contributed by atoms with Crippen molar-refractivity contribution >= 4 is 32.8 Å². The molecule has 0 amide bonds. The van der Waals surface area contributed by atoms with E-state index in [1.54, 1.807) is 24.3 Å². The third kappa shape index (κ3) is 3.93. The van der Waals surface area contributed by atoms with Crippen LogP contribution in [-0.4, -0.2) is 49.3 Å². The molecule has 4 heterocycles. The van der Waals surface area contributed by atoms with Gasteiger partial charge in [-0.15, -0.1) is 0 Å². The molecule has 0 unspecified atom stereocenters. The number of rotatable bonds is 4. The van der Waals surface area contributed by atoms with Gasteiger partial charge in [0.1, 0.15) is 12.3 Å². The minimum absolute atomic E-state index is 0.250. The van der Waals surface area contributed by atoms with Gasteiger partial charge in [0.25, 0.3) is 0 Å². The van der Waals surface area contributed by atoms with Gasteiger partial charge in [-0.2, -0.15) is 0 Å². The predicted molar refractivity (Wildman–Crippen MR) is 123 cm³/mol. The fourth-order valence-corrected chi connectivity index (χ4v) is 4.70. The fourth-order valence-electron chi connectivity index (χ4n) is 4.03. The van der Waals surface area contributed by atoms with E-state index < -0.39 is 9.84 Å². The van der Waals surface area contributed by atoms with Crippen molar-refractivity contribution in [1.82, 2.24) is 15.0 Å². The highest BCUT2D eigenvalue weighted by Gasteiger charge is 2.24.